The minimum absolute atomic E-state index is 0.198. The Bertz CT molecular complexity index is 1370. The van der Waals surface area contributed by atoms with Gasteiger partial charge in [0.15, 0.2) is 0 Å². The maximum absolute atomic E-state index is 2.61. The first kappa shape index (κ1) is 22.9. The first-order valence-electron chi connectivity index (χ1n) is 13.5. The molecule has 0 aromatic heterocycles. The maximum Gasteiger partial charge on any atom is 0.0453 e. The lowest BCUT2D eigenvalue weighted by atomic mass is 9.79. The van der Waals surface area contributed by atoms with Crippen molar-refractivity contribution in [2.75, 3.05) is 4.90 Å². The Hall–Kier alpha value is -3.58. The predicted octanol–water partition coefficient (Wildman–Crippen LogP) is 9.19. The predicted molar refractivity (Wildman–Crippen MR) is 154 cm³/mol. The number of benzene rings is 4. The Morgan fingerprint density at radius 1 is 0.861 bits per heavy atom. The molecule has 2 unspecified atom stereocenters. The second-order valence-electron chi connectivity index (χ2n) is 10.7. The van der Waals surface area contributed by atoms with E-state index in [9.17, 15) is 0 Å². The summed E-state index contributed by atoms with van der Waals surface area (Å²) in [7, 11) is 0. The molecular formula is C35H35N. The zero-order chi connectivity index (χ0) is 24.5. The van der Waals surface area contributed by atoms with Crippen LogP contribution in [0.15, 0.2) is 103 Å². The van der Waals surface area contributed by atoms with Crippen LogP contribution in [0.2, 0.25) is 0 Å². The van der Waals surface area contributed by atoms with Crippen LogP contribution in [0, 0.1) is 0 Å². The fourth-order valence-electron chi connectivity index (χ4n) is 6.52. The van der Waals surface area contributed by atoms with Gasteiger partial charge in [-0.25, -0.2) is 0 Å². The van der Waals surface area contributed by atoms with Gasteiger partial charge in [0, 0.05) is 22.8 Å². The number of hydrogen-bond donors (Lipinski definition) is 0. The Kier molecular flexibility index (Phi) is 6.01. The van der Waals surface area contributed by atoms with Crippen LogP contribution in [0.3, 0.4) is 0 Å². The van der Waals surface area contributed by atoms with Crippen LogP contribution in [0.25, 0.3) is 11.6 Å². The van der Waals surface area contributed by atoms with E-state index < -0.39 is 0 Å². The van der Waals surface area contributed by atoms with Gasteiger partial charge in [0.05, 0.1) is 0 Å². The summed E-state index contributed by atoms with van der Waals surface area (Å²) in [5, 5.41) is 0. The second-order valence-corrected chi connectivity index (χ2v) is 10.7. The van der Waals surface area contributed by atoms with Crippen molar-refractivity contribution in [3.05, 3.63) is 131 Å². The van der Waals surface area contributed by atoms with Crippen molar-refractivity contribution in [3.8, 4) is 0 Å². The molecule has 0 N–H and O–H groups in total. The van der Waals surface area contributed by atoms with Crippen molar-refractivity contribution >= 4 is 23.0 Å². The highest BCUT2D eigenvalue weighted by atomic mass is 15.2. The van der Waals surface area contributed by atoms with E-state index in [0.717, 1.165) is 6.42 Å². The number of anilines is 2. The van der Waals surface area contributed by atoms with E-state index in [-0.39, 0.29) is 5.41 Å². The lowest BCUT2D eigenvalue weighted by molar-refractivity contribution is 0.457. The second kappa shape index (κ2) is 9.47. The van der Waals surface area contributed by atoms with Crippen molar-refractivity contribution < 1.29 is 0 Å². The summed E-state index contributed by atoms with van der Waals surface area (Å²) in [6.07, 6.45) is 8.51. The molecule has 1 heterocycles. The Labute approximate surface area is 216 Å². The topological polar surface area (TPSA) is 3.24 Å². The van der Waals surface area contributed by atoms with Crippen LogP contribution < -0.4 is 4.90 Å². The van der Waals surface area contributed by atoms with Crippen molar-refractivity contribution in [2.45, 2.75) is 57.4 Å². The lowest BCUT2D eigenvalue weighted by Crippen LogP contribution is -2.36. The van der Waals surface area contributed by atoms with E-state index in [2.05, 4.69) is 128 Å². The minimum atomic E-state index is 0.198. The average molecular weight is 470 g/mol. The van der Waals surface area contributed by atoms with Crippen LogP contribution in [0.4, 0.5) is 11.4 Å². The van der Waals surface area contributed by atoms with E-state index in [4.69, 9.17) is 0 Å². The number of nitrogens with zero attached hydrogens (tertiary/aromatic N) is 1. The zero-order valence-corrected chi connectivity index (χ0v) is 21.5. The number of hydrogen-bond acceptors (Lipinski definition) is 1. The van der Waals surface area contributed by atoms with Gasteiger partial charge in [-0.15, -0.1) is 0 Å². The largest absolute Gasteiger partial charge is 0.337 e. The summed E-state index contributed by atoms with van der Waals surface area (Å²) in [5.41, 5.74) is 10.9. The van der Waals surface area contributed by atoms with E-state index in [1.165, 1.54) is 70.4 Å². The number of aryl methyl sites for hydroxylation is 1. The fourth-order valence-corrected chi connectivity index (χ4v) is 6.52. The molecule has 1 saturated carbocycles. The average Bonchev–Trinajstić information content (AvgIpc) is 3.42. The molecule has 0 bridgehead atoms. The van der Waals surface area contributed by atoms with Gasteiger partial charge in [0.2, 0.25) is 0 Å². The smallest absolute Gasteiger partial charge is 0.0453 e. The third-order valence-corrected chi connectivity index (χ3v) is 8.35. The molecule has 6 rings (SSSR count). The van der Waals surface area contributed by atoms with E-state index in [0.29, 0.717) is 6.04 Å². The SMILES string of the molecule is CCCc1ccc(C(=Cc2ccc3c(c2)C2(C)CCCC2N3c2ccccc2)c2ccccc2)cc1. The molecule has 0 saturated heterocycles. The molecule has 4 aromatic rings. The molecule has 36 heavy (non-hydrogen) atoms. The summed E-state index contributed by atoms with van der Waals surface area (Å²) in [5.74, 6) is 0. The molecular weight excluding hydrogens is 434 g/mol. The van der Waals surface area contributed by atoms with Crippen LogP contribution in [-0.4, -0.2) is 6.04 Å². The molecule has 1 fully saturated rings. The van der Waals surface area contributed by atoms with Crippen molar-refractivity contribution in [2.24, 2.45) is 0 Å². The highest BCUT2D eigenvalue weighted by Crippen LogP contribution is 2.56. The maximum atomic E-state index is 2.61. The van der Waals surface area contributed by atoms with Crippen LogP contribution in [0.1, 0.15) is 67.3 Å². The summed E-state index contributed by atoms with van der Waals surface area (Å²) >= 11 is 0. The first-order valence-corrected chi connectivity index (χ1v) is 13.5. The van der Waals surface area contributed by atoms with Crippen molar-refractivity contribution in [1.29, 1.82) is 0 Å². The number of para-hydroxylation sites is 1. The molecule has 180 valence electrons. The van der Waals surface area contributed by atoms with Gasteiger partial charge in [-0.05, 0) is 83.0 Å². The highest BCUT2D eigenvalue weighted by molar-refractivity contribution is 5.92. The minimum Gasteiger partial charge on any atom is -0.337 e. The molecule has 4 aromatic carbocycles. The Balaban J connectivity index is 1.45. The summed E-state index contributed by atoms with van der Waals surface area (Å²) in [6.45, 7) is 4.73. The lowest BCUT2D eigenvalue weighted by Gasteiger charge is -2.31. The fraction of sp³-hybridized carbons (Fsp3) is 0.257. The zero-order valence-electron chi connectivity index (χ0n) is 21.5. The van der Waals surface area contributed by atoms with E-state index >= 15 is 0 Å². The highest BCUT2D eigenvalue weighted by Gasteiger charge is 2.50. The summed E-state index contributed by atoms with van der Waals surface area (Å²) in [4.78, 5) is 2.61. The standard InChI is InChI=1S/C35H35N/c1-3-11-26-17-20-29(21-18-26)31(28-12-6-4-7-13-28)24-27-19-22-33-32(25-27)35(2)23-10-16-34(35)36(33)30-14-8-5-9-15-30/h4-9,12-15,17-22,24-25,34H,3,10-11,16,23H2,1-2H3. The van der Waals surface area contributed by atoms with Gasteiger partial charge in [0.25, 0.3) is 0 Å². The van der Waals surface area contributed by atoms with Crippen molar-refractivity contribution in [3.63, 3.8) is 0 Å². The van der Waals surface area contributed by atoms with E-state index in [1.807, 2.05) is 0 Å². The third-order valence-electron chi connectivity index (χ3n) is 8.35. The molecule has 1 aliphatic heterocycles. The molecule has 0 spiro atoms. The monoisotopic (exact) mass is 469 g/mol. The van der Waals surface area contributed by atoms with Gasteiger partial charge in [-0.2, -0.15) is 0 Å². The summed E-state index contributed by atoms with van der Waals surface area (Å²) < 4.78 is 0. The van der Waals surface area contributed by atoms with Crippen molar-refractivity contribution in [1.82, 2.24) is 0 Å². The molecule has 1 heteroatoms. The van der Waals surface area contributed by atoms with E-state index in [1.54, 1.807) is 0 Å². The summed E-state index contributed by atoms with van der Waals surface area (Å²) in [6, 6.07) is 38.6. The van der Waals surface area contributed by atoms with Gasteiger partial charge >= 0.3 is 0 Å². The van der Waals surface area contributed by atoms with Gasteiger partial charge in [0.1, 0.15) is 0 Å². The van der Waals surface area contributed by atoms with Crippen LogP contribution in [-0.2, 0) is 11.8 Å². The molecule has 0 radical (unpaired) electrons. The Morgan fingerprint density at radius 3 is 2.28 bits per heavy atom. The molecule has 1 nitrogen and oxygen atoms in total. The van der Waals surface area contributed by atoms with Gasteiger partial charge < -0.3 is 4.90 Å². The van der Waals surface area contributed by atoms with Gasteiger partial charge in [-0.1, -0.05) is 106 Å². The normalized spacial score (nSPS) is 20.9. The van der Waals surface area contributed by atoms with Gasteiger partial charge in [-0.3, -0.25) is 0 Å². The molecule has 1 aliphatic carbocycles. The molecule has 2 aliphatic rings. The molecule has 0 amide bonds. The third kappa shape index (κ3) is 3.97. The number of rotatable bonds is 6. The van der Waals surface area contributed by atoms with Crippen LogP contribution >= 0.6 is 0 Å². The Morgan fingerprint density at radius 2 is 1.56 bits per heavy atom. The molecule has 2 atom stereocenters. The first-order chi connectivity index (χ1) is 17.7. The quantitative estimate of drug-likeness (QED) is 0.254. The van der Waals surface area contributed by atoms with Crippen LogP contribution in [0.5, 0.6) is 0 Å². The number of fused-ring (bicyclic) bond motifs is 3.